The quantitative estimate of drug-likeness (QED) is 0.545. The van der Waals surface area contributed by atoms with Crippen molar-refractivity contribution in [3.05, 3.63) is 92.9 Å². The fourth-order valence-corrected chi connectivity index (χ4v) is 4.62. The number of aliphatic hydroxyl groups is 1. The van der Waals surface area contributed by atoms with E-state index in [1.165, 1.54) is 0 Å². The van der Waals surface area contributed by atoms with Gasteiger partial charge in [0.15, 0.2) is 0 Å². The molecule has 1 heterocycles. The van der Waals surface area contributed by atoms with Crippen molar-refractivity contribution in [1.29, 1.82) is 0 Å². The molecule has 32 heavy (non-hydrogen) atoms. The molecule has 0 aliphatic heterocycles. The fourth-order valence-electron chi connectivity index (χ4n) is 4.62. The third kappa shape index (κ3) is 4.15. The number of H-pyrrole nitrogens is 2. The Balaban J connectivity index is 1.74. The Hall–Kier alpha value is -3.12. The predicted octanol–water partition coefficient (Wildman–Crippen LogP) is 3.80. The van der Waals surface area contributed by atoms with Gasteiger partial charge in [0.25, 0.3) is 5.56 Å². The van der Waals surface area contributed by atoms with Crippen molar-refractivity contribution in [2.75, 3.05) is 0 Å². The minimum absolute atomic E-state index is 0.0265. The Kier molecular flexibility index (Phi) is 5.59. The molecule has 3 N–H and O–H groups in total. The Morgan fingerprint density at radius 1 is 1.09 bits per heavy atom. The Bertz CT molecular complexity index is 1150. The van der Waals surface area contributed by atoms with Crippen LogP contribution in [-0.2, 0) is 28.0 Å². The minimum Gasteiger partial charge on any atom is -0.460 e. The first-order valence-electron chi connectivity index (χ1n) is 10.9. The van der Waals surface area contributed by atoms with E-state index in [1.807, 2.05) is 54.6 Å². The summed E-state index contributed by atoms with van der Waals surface area (Å²) >= 11 is 0. The van der Waals surface area contributed by atoms with Crippen molar-refractivity contribution < 1.29 is 14.6 Å². The highest BCUT2D eigenvalue weighted by atomic mass is 16.5. The van der Waals surface area contributed by atoms with Gasteiger partial charge in [0.05, 0.1) is 11.5 Å². The second kappa shape index (κ2) is 8.10. The lowest BCUT2D eigenvalue weighted by Crippen LogP contribution is -2.50. The third-order valence-electron chi connectivity index (χ3n) is 6.36. The van der Waals surface area contributed by atoms with Crippen molar-refractivity contribution in [2.45, 2.75) is 57.7 Å². The second-order valence-electron chi connectivity index (χ2n) is 9.93. The molecular formula is C26H30N2O4. The Morgan fingerprint density at radius 2 is 1.75 bits per heavy atom. The summed E-state index contributed by atoms with van der Waals surface area (Å²) in [6, 6.07) is 17.3. The number of aromatic amines is 2. The molecule has 6 nitrogen and oxygen atoms in total. The van der Waals surface area contributed by atoms with Crippen LogP contribution in [0.15, 0.2) is 59.4 Å². The molecule has 0 fully saturated rings. The average Bonchev–Trinajstić information content (AvgIpc) is 3.10. The summed E-state index contributed by atoms with van der Waals surface area (Å²) in [5.41, 5.74) is 2.23. The van der Waals surface area contributed by atoms with E-state index >= 15 is 0 Å². The first-order valence-corrected chi connectivity index (χ1v) is 10.9. The smallest absolute Gasteiger partial charge is 0.313 e. The highest BCUT2D eigenvalue weighted by Gasteiger charge is 2.51. The van der Waals surface area contributed by atoms with Crippen LogP contribution in [0.25, 0.3) is 0 Å². The van der Waals surface area contributed by atoms with Crippen LogP contribution in [0.1, 0.15) is 61.6 Å². The highest BCUT2D eigenvalue weighted by Crippen LogP contribution is 2.44. The topological polar surface area (TPSA) is 95.2 Å². The molecule has 0 saturated heterocycles. The van der Waals surface area contributed by atoms with Crippen molar-refractivity contribution in [2.24, 2.45) is 5.92 Å². The maximum atomic E-state index is 13.3. The molecule has 0 saturated carbocycles. The van der Waals surface area contributed by atoms with E-state index < -0.39 is 23.4 Å². The third-order valence-corrected chi connectivity index (χ3v) is 6.36. The molecular weight excluding hydrogens is 404 g/mol. The van der Waals surface area contributed by atoms with E-state index in [-0.39, 0.29) is 24.0 Å². The van der Waals surface area contributed by atoms with E-state index in [1.54, 1.807) is 6.92 Å². The van der Waals surface area contributed by atoms with Crippen LogP contribution < -0.4 is 5.56 Å². The van der Waals surface area contributed by atoms with Crippen LogP contribution in [0.2, 0.25) is 0 Å². The van der Waals surface area contributed by atoms with Crippen LogP contribution in [-0.4, -0.2) is 26.9 Å². The molecule has 168 valence electrons. The Morgan fingerprint density at radius 3 is 2.38 bits per heavy atom. The molecule has 0 bridgehead atoms. The number of ether oxygens (including phenoxy) is 1. The molecule has 0 unspecified atom stereocenters. The number of carbonyl (C=O) groups is 1. The lowest BCUT2D eigenvalue weighted by atomic mass is 9.66. The van der Waals surface area contributed by atoms with Gasteiger partial charge >= 0.3 is 5.97 Å². The van der Waals surface area contributed by atoms with Gasteiger partial charge in [0.1, 0.15) is 6.61 Å². The van der Waals surface area contributed by atoms with Crippen LogP contribution in [0, 0.1) is 5.92 Å². The van der Waals surface area contributed by atoms with Gasteiger partial charge in [-0.3, -0.25) is 14.7 Å². The minimum atomic E-state index is -1.39. The monoisotopic (exact) mass is 434 g/mol. The second-order valence-corrected chi connectivity index (χ2v) is 9.93. The number of aromatic nitrogens is 2. The van der Waals surface area contributed by atoms with Crippen LogP contribution in [0.3, 0.4) is 0 Å². The molecule has 0 radical (unpaired) electrons. The van der Waals surface area contributed by atoms with Gasteiger partial charge in [-0.15, -0.1) is 0 Å². The average molecular weight is 435 g/mol. The molecule has 1 aliphatic carbocycles. The van der Waals surface area contributed by atoms with Gasteiger partial charge < -0.3 is 14.9 Å². The highest BCUT2D eigenvalue weighted by molar-refractivity contribution is 5.77. The summed E-state index contributed by atoms with van der Waals surface area (Å²) in [7, 11) is 0. The van der Waals surface area contributed by atoms with E-state index in [0.29, 0.717) is 11.3 Å². The lowest BCUT2D eigenvalue weighted by molar-refractivity contribution is -0.161. The van der Waals surface area contributed by atoms with Crippen molar-refractivity contribution in [1.82, 2.24) is 10.2 Å². The first-order chi connectivity index (χ1) is 15.1. The van der Waals surface area contributed by atoms with Crippen LogP contribution in [0.5, 0.6) is 0 Å². The van der Waals surface area contributed by atoms with Gasteiger partial charge in [-0.05, 0) is 29.0 Å². The molecule has 2 aromatic carbocycles. The van der Waals surface area contributed by atoms with E-state index in [9.17, 15) is 14.7 Å². The summed E-state index contributed by atoms with van der Waals surface area (Å²) in [5.74, 6) is -2.06. The first kappa shape index (κ1) is 22.1. The number of carbonyl (C=O) groups excluding carboxylic acids is 1. The summed E-state index contributed by atoms with van der Waals surface area (Å²) < 4.78 is 5.64. The summed E-state index contributed by atoms with van der Waals surface area (Å²) in [4.78, 5) is 26.0. The van der Waals surface area contributed by atoms with Crippen LogP contribution >= 0.6 is 0 Å². The maximum Gasteiger partial charge on any atom is 0.313 e. The van der Waals surface area contributed by atoms with Gasteiger partial charge in [-0.1, -0.05) is 75.4 Å². The van der Waals surface area contributed by atoms with Gasteiger partial charge in [0, 0.05) is 23.6 Å². The van der Waals surface area contributed by atoms with Gasteiger partial charge in [-0.25, -0.2) is 0 Å². The van der Waals surface area contributed by atoms with Crippen molar-refractivity contribution in [3.8, 4) is 0 Å². The van der Waals surface area contributed by atoms with Gasteiger partial charge in [-0.2, -0.15) is 0 Å². The molecule has 0 amide bonds. The number of esters is 1. The zero-order chi connectivity index (χ0) is 23.1. The zero-order valence-corrected chi connectivity index (χ0v) is 18.9. The summed E-state index contributed by atoms with van der Waals surface area (Å²) in [6.07, 6.45) is 0.156. The SMILES string of the molecule is CC(C)(C)c1ccc([C@@H]2c3c([nH][nH]c3=O)C[C@@](C)(O)[C@@H]2C(=O)OCc2ccccc2)cc1. The molecule has 1 aromatic heterocycles. The number of fused-ring (bicyclic) bond motifs is 1. The molecule has 3 atom stereocenters. The number of rotatable bonds is 4. The van der Waals surface area contributed by atoms with E-state index in [4.69, 9.17) is 4.74 Å². The zero-order valence-electron chi connectivity index (χ0n) is 18.9. The number of benzene rings is 2. The fraction of sp³-hybridized carbons (Fsp3) is 0.385. The normalized spacial score (nSPS) is 22.9. The molecule has 4 rings (SSSR count). The van der Waals surface area contributed by atoms with Crippen LogP contribution in [0.4, 0.5) is 0 Å². The van der Waals surface area contributed by atoms with Crippen molar-refractivity contribution >= 4 is 5.97 Å². The van der Waals surface area contributed by atoms with Crippen molar-refractivity contribution in [3.63, 3.8) is 0 Å². The van der Waals surface area contributed by atoms with E-state index in [0.717, 1.165) is 16.7 Å². The number of nitrogens with one attached hydrogen (secondary N) is 2. The van der Waals surface area contributed by atoms with Gasteiger partial charge in [0.2, 0.25) is 0 Å². The summed E-state index contributed by atoms with van der Waals surface area (Å²) in [6.45, 7) is 8.13. The molecule has 3 aromatic rings. The number of hydrogen-bond donors (Lipinski definition) is 3. The maximum absolute atomic E-state index is 13.3. The molecule has 1 aliphatic rings. The largest absolute Gasteiger partial charge is 0.460 e. The van der Waals surface area contributed by atoms with E-state index in [2.05, 4.69) is 31.0 Å². The standard InChI is InChI=1S/C26H30N2O4/c1-25(2,3)18-12-10-17(11-13-18)20-21-19(27-28-23(21)29)14-26(4,31)22(20)24(30)32-15-16-8-6-5-7-9-16/h5-13,20,22,31H,14-15H2,1-4H3,(H2,27,28,29)/t20-,22+,26-/m1/s1. The summed E-state index contributed by atoms with van der Waals surface area (Å²) in [5, 5.41) is 16.8. The number of hydrogen-bond acceptors (Lipinski definition) is 4. The lowest BCUT2D eigenvalue weighted by Gasteiger charge is -2.40. The molecule has 0 spiro atoms. The Labute approximate surface area is 187 Å². The molecule has 6 heteroatoms. The predicted molar refractivity (Wildman–Crippen MR) is 122 cm³/mol.